The second-order valence-electron chi connectivity index (χ2n) is 4.57. The summed E-state index contributed by atoms with van der Waals surface area (Å²) < 4.78 is 5.77. The van der Waals surface area contributed by atoms with E-state index in [1.54, 1.807) is 0 Å². The molecule has 0 aliphatic heterocycles. The van der Waals surface area contributed by atoms with E-state index in [1.165, 1.54) is 0 Å². The number of para-hydroxylation sites is 1. The van der Waals surface area contributed by atoms with Gasteiger partial charge < -0.3 is 21.0 Å². The van der Waals surface area contributed by atoms with Crippen molar-refractivity contribution in [2.75, 3.05) is 5.32 Å². The SMILES string of the molecule is CCC(Nc1cccc(Oc2ccccc2)c1)C(N)=NO. The standard InChI is InChI=1S/C16H19N3O2/c1-2-15(16(17)19-20)18-12-7-6-10-14(11-12)21-13-8-4-3-5-9-13/h3-11,15,18,20H,2H2,1H3,(H2,17,19). The lowest BCUT2D eigenvalue weighted by Gasteiger charge is -2.17. The van der Waals surface area contributed by atoms with Crippen LogP contribution < -0.4 is 15.8 Å². The van der Waals surface area contributed by atoms with Gasteiger partial charge in [0.15, 0.2) is 5.84 Å². The number of benzene rings is 2. The first kappa shape index (κ1) is 14.7. The number of ether oxygens (including phenoxy) is 1. The zero-order chi connectivity index (χ0) is 15.1. The molecular weight excluding hydrogens is 266 g/mol. The van der Waals surface area contributed by atoms with Gasteiger partial charge in [0, 0.05) is 11.8 Å². The van der Waals surface area contributed by atoms with Crippen molar-refractivity contribution in [2.45, 2.75) is 19.4 Å². The second-order valence-corrected chi connectivity index (χ2v) is 4.57. The van der Waals surface area contributed by atoms with Crippen LogP contribution in [0.1, 0.15) is 13.3 Å². The first-order valence-corrected chi connectivity index (χ1v) is 6.80. The highest BCUT2D eigenvalue weighted by Crippen LogP contribution is 2.24. The van der Waals surface area contributed by atoms with Crippen molar-refractivity contribution in [2.24, 2.45) is 10.9 Å². The normalized spacial score (nSPS) is 12.7. The van der Waals surface area contributed by atoms with E-state index in [9.17, 15) is 0 Å². The Morgan fingerprint density at radius 2 is 1.90 bits per heavy atom. The summed E-state index contributed by atoms with van der Waals surface area (Å²) in [5, 5.41) is 15.0. The summed E-state index contributed by atoms with van der Waals surface area (Å²) in [6.45, 7) is 1.96. The van der Waals surface area contributed by atoms with Crippen LogP contribution in [-0.4, -0.2) is 17.1 Å². The molecule has 0 spiro atoms. The van der Waals surface area contributed by atoms with E-state index in [0.29, 0.717) is 6.42 Å². The maximum absolute atomic E-state index is 8.76. The van der Waals surface area contributed by atoms with Gasteiger partial charge in [0.2, 0.25) is 0 Å². The third kappa shape index (κ3) is 4.14. The molecule has 2 aromatic carbocycles. The lowest BCUT2D eigenvalue weighted by atomic mass is 10.2. The summed E-state index contributed by atoms with van der Waals surface area (Å²) in [5.41, 5.74) is 6.49. The maximum Gasteiger partial charge on any atom is 0.161 e. The molecule has 0 saturated heterocycles. The average molecular weight is 285 g/mol. The first-order chi connectivity index (χ1) is 10.2. The van der Waals surface area contributed by atoms with E-state index in [0.717, 1.165) is 17.2 Å². The van der Waals surface area contributed by atoms with Crippen LogP contribution in [0.5, 0.6) is 11.5 Å². The van der Waals surface area contributed by atoms with E-state index in [1.807, 2.05) is 61.5 Å². The number of nitrogens with zero attached hydrogens (tertiary/aromatic N) is 1. The smallest absolute Gasteiger partial charge is 0.161 e. The molecule has 0 radical (unpaired) electrons. The molecule has 5 nitrogen and oxygen atoms in total. The Hall–Kier alpha value is -2.69. The fourth-order valence-corrected chi connectivity index (χ4v) is 1.93. The topological polar surface area (TPSA) is 79.9 Å². The Morgan fingerprint density at radius 3 is 2.57 bits per heavy atom. The molecule has 0 bridgehead atoms. The van der Waals surface area contributed by atoms with Gasteiger partial charge in [-0.15, -0.1) is 0 Å². The van der Waals surface area contributed by atoms with Crippen molar-refractivity contribution >= 4 is 11.5 Å². The monoisotopic (exact) mass is 285 g/mol. The highest BCUT2D eigenvalue weighted by molar-refractivity contribution is 5.87. The van der Waals surface area contributed by atoms with Gasteiger partial charge in [0.05, 0.1) is 6.04 Å². The van der Waals surface area contributed by atoms with E-state index in [2.05, 4.69) is 10.5 Å². The molecule has 0 saturated carbocycles. The minimum absolute atomic E-state index is 0.159. The van der Waals surface area contributed by atoms with Crippen LogP contribution in [0.15, 0.2) is 59.8 Å². The van der Waals surface area contributed by atoms with Crippen LogP contribution in [0, 0.1) is 0 Å². The van der Waals surface area contributed by atoms with Gasteiger partial charge in [-0.05, 0) is 30.7 Å². The lowest BCUT2D eigenvalue weighted by molar-refractivity contribution is 0.316. The molecule has 0 fully saturated rings. The van der Waals surface area contributed by atoms with E-state index in [-0.39, 0.29) is 11.9 Å². The minimum atomic E-state index is -0.220. The fourth-order valence-electron chi connectivity index (χ4n) is 1.93. The predicted octanol–water partition coefficient (Wildman–Crippen LogP) is 3.42. The summed E-state index contributed by atoms with van der Waals surface area (Å²) in [6, 6.07) is 16.9. The largest absolute Gasteiger partial charge is 0.457 e. The van der Waals surface area contributed by atoms with Crippen LogP contribution in [-0.2, 0) is 0 Å². The number of oxime groups is 1. The number of anilines is 1. The van der Waals surface area contributed by atoms with Crippen molar-refractivity contribution in [1.29, 1.82) is 0 Å². The third-order valence-electron chi connectivity index (χ3n) is 3.03. The van der Waals surface area contributed by atoms with Gasteiger partial charge in [0.25, 0.3) is 0 Å². The summed E-state index contributed by atoms with van der Waals surface area (Å²) in [6.07, 6.45) is 0.708. The molecule has 2 rings (SSSR count). The van der Waals surface area contributed by atoms with E-state index >= 15 is 0 Å². The lowest BCUT2D eigenvalue weighted by Crippen LogP contribution is -2.35. The summed E-state index contributed by atoms with van der Waals surface area (Å²) in [7, 11) is 0. The Balaban J connectivity index is 2.10. The van der Waals surface area contributed by atoms with Crippen LogP contribution in [0.3, 0.4) is 0 Å². The maximum atomic E-state index is 8.76. The van der Waals surface area contributed by atoms with Crippen molar-refractivity contribution in [1.82, 2.24) is 0 Å². The van der Waals surface area contributed by atoms with Crippen molar-refractivity contribution < 1.29 is 9.94 Å². The Bertz CT molecular complexity index is 599. The van der Waals surface area contributed by atoms with E-state index in [4.69, 9.17) is 15.7 Å². The molecule has 0 aromatic heterocycles. The van der Waals surface area contributed by atoms with Gasteiger partial charge in [0.1, 0.15) is 11.5 Å². The minimum Gasteiger partial charge on any atom is -0.457 e. The molecule has 4 N–H and O–H groups in total. The van der Waals surface area contributed by atoms with Crippen LogP contribution >= 0.6 is 0 Å². The molecule has 0 aliphatic rings. The van der Waals surface area contributed by atoms with Gasteiger partial charge in [-0.3, -0.25) is 0 Å². The zero-order valence-corrected chi connectivity index (χ0v) is 11.9. The Labute approximate surface area is 124 Å². The Kier molecular flexibility index (Phi) is 5.04. The number of hydrogen-bond acceptors (Lipinski definition) is 4. The predicted molar refractivity (Wildman–Crippen MR) is 84.1 cm³/mol. The summed E-state index contributed by atoms with van der Waals surface area (Å²) in [4.78, 5) is 0. The molecule has 0 amide bonds. The van der Waals surface area contributed by atoms with Gasteiger partial charge in [-0.2, -0.15) is 0 Å². The van der Waals surface area contributed by atoms with Gasteiger partial charge in [-0.1, -0.05) is 36.3 Å². The number of nitrogens with one attached hydrogen (secondary N) is 1. The molecule has 1 atom stereocenters. The average Bonchev–Trinajstić information content (AvgIpc) is 2.53. The molecule has 0 aliphatic carbocycles. The zero-order valence-electron chi connectivity index (χ0n) is 11.9. The van der Waals surface area contributed by atoms with Gasteiger partial charge >= 0.3 is 0 Å². The van der Waals surface area contributed by atoms with Crippen molar-refractivity contribution in [3.8, 4) is 11.5 Å². The second kappa shape index (κ2) is 7.19. The molecule has 0 heterocycles. The number of amidine groups is 1. The van der Waals surface area contributed by atoms with Crippen LogP contribution in [0.2, 0.25) is 0 Å². The van der Waals surface area contributed by atoms with Crippen LogP contribution in [0.25, 0.3) is 0 Å². The molecule has 2 aromatic rings. The molecular formula is C16H19N3O2. The number of hydrogen-bond donors (Lipinski definition) is 3. The fraction of sp³-hybridized carbons (Fsp3) is 0.188. The number of nitrogens with two attached hydrogens (primary N) is 1. The molecule has 5 heteroatoms. The summed E-state index contributed by atoms with van der Waals surface area (Å²) in [5.74, 6) is 1.66. The summed E-state index contributed by atoms with van der Waals surface area (Å²) >= 11 is 0. The Morgan fingerprint density at radius 1 is 1.19 bits per heavy atom. The van der Waals surface area contributed by atoms with Crippen molar-refractivity contribution in [3.63, 3.8) is 0 Å². The van der Waals surface area contributed by atoms with E-state index < -0.39 is 0 Å². The van der Waals surface area contributed by atoms with Crippen LogP contribution in [0.4, 0.5) is 5.69 Å². The number of rotatable bonds is 6. The van der Waals surface area contributed by atoms with Gasteiger partial charge in [-0.25, -0.2) is 0 Å². The molecule has 21 heavy (non-hydrogen) atoms. The highest BCUT2D eigenvalue weighted by atomic mass is 16.5. The molecule has 1 unspecified atom stereocenters. The highest BCUT2D eigenvalue weighted by Gasteiger charge is 2.11. The molecule has 110 valence electrons. The quantitative estimate of drug-likeness (QED) is 0.329. The first-order valence-electron chi connectivity index (χ1n) is 6.80. The van der Waals surface area contributed by atoms with Crippen molar-refractivity contribution in [3.05, 3.63) is 54.6 Å². The third-order valence-corrected chi connectivity index (χ3v) is 3.03.